The fourth-order valence-corrected chi connectivity index (χ4v) is 4.60. The lowest BCUT2D eigenvalue weighted by Crippen LogP contribution is -2.38. The van der Waals surface area contributed by atoms with Crippen LogP contribution in [0.3, 0.4) is 0 Å². The van der Waals surface area contributed by atoms with Crippen molar-refractivity contribution in [2.75, 3.05) is 13.2 Å². The van der Waals surface area contributed by atoms with Crippen molar-refractivity contribution < 1.29 is 14.2 Å². The van der Waals surface area contributed by atoms with Gasteiger partial charge in [0.25, 0.3) is 5.91 Å². The van der Waals surface area contributed by atoms with Crippen LogP contribution < -0.4 is 10.5 Å². The maximum Gasteiger partial charge on any atom is 0.293 e. The van der Waals surface area contributed by atoms with Crippen LogP contribution in [0.15, 0.2) is 59.6 Å². The molecule has 3 atom stereocenters. The van der Waals surface area contributed by atoms with Crippen LogP contribution in [-0.2, 0) is 9.47 Å². The van der Waals surface area contributed by atoms with Gasteiger partial charge in [0.05, 0.1) is 25.4 Å². The Morgan fingerprint density at radius 2 is 1.71 bits per heavy atom. The standard InChI is InChI=1S/C21H16N4O3/c22-12-19-17(20(19,13-23)21(25-18(19)24)26-9-10-27-21)14-5-4-8-16(11-14)28-15-6-2-1-3-7-15/h1-8,11,17H,9-10H2,(H2,24,25)/t17-,19+,20+/m1/s1. The maximum atomic E-state index is 10.1. The number of hydrogen-bond donors (Lipinski definition) is 1. The van der Waals surface area contributed by atoms with Crippen LogP contribution in [0.25, 0.3) is 0 Å². The number of benzene rings is 2. The Labute approximate surface area is 161 Å². The summed E-state index contributed by atoms with van der Waals surface area (Å²) in [5, 5.41) is 20.1. The molecule has 0 bridgehead atoms. The van der Waals surface area contributed by atoms with Crippen molar-refractivity contribution in [3.05, 3.63) is 60.2 Å². The van der Waals surface area contributed by atoms with E-state index in [1.165, 1.54) is 0 Å². The first-order valence-corrected chi connectivity index (χ1v) is 8.93. The molecule has 2 N–H and O–H groups in total. The second-order valence-corrected chi connectivity index (χ2v) is 7.04. The van der Waals surface area contributed by atoms with E-state index in [2.05, 4.69) is 17.1 Å². The zero-order chi connectivity index (χ0) is 19.4. The zero-order valence-electron chi connectivity index (χ0n) is 14.8. The number of para-hydroxylation sites is 1. The molecule has 0 aromatic heterocycles. The molecule has 138 valence electrons. The second kappa shape index (κ2) is 5.56. The van der Waals surface area contributed by atoms with Gasteiger partial charge in [-0.1, -0.05) is 30.3 Å². The lowest BCUT2D eigenvalue weighted by molar-refractivity contribution is -0.184. The molecule has 0 radical (unpaired) electrons. The average Bonchev–Trinajstić information content (AvgIpc) is 2.98. The number of aliphatic imine (C=N–C) groups is 1. The van der Waals surface area contributed by atoms with Crippen molar-refractivity contribution in [3.63, 3.8) is 0 Å². The molecule has 1 saturated heterocycles. The third kappa shape index (κ3) is 1.80. The van der Waals surface area contributed by atoms with Gasteiger partial charge in [0, 0.05) is 5.92 Å². The van der Waals surface area contributed by atoms with Crippen molar-refractivity contribution in [2.24, 2.45) is 21.6 Å². The van der Waals surface area contributed by atoms with Crippen molar-refractivity contribution in [1.82, 2.24) is 0 Å². The number of nitriles is 2. The lowest BCUT2D eigenvalue weighted by atomic mass is 9.94. The molecule has 2 fully saturated rings. The van der Waals surface area contributed by atoms with Gasteiger partial charge >= 0.3 is 0 Å². The molecular formula is C21H16N4O3. The van der Waals surface area contributed by atoms with Gasteiger partial charge in [-0.2, -0.15) is 10.5 Å². The predicted octanol–water partition coefficient (Wildman–Crippen LogP) is 2.67. The van der Waals surface area contributed by atoms with Crippen molar-refractivity contribution in [1.29, 1.82) is 10.5 Å². The molecule has 1 spiro atoms. The minimum absolute atomic E-state index is 0.0813. The van der Waals surface area contributed by atoms with Gasteiger partial charge in [-0.15, -0.1) is 0 Å². The fourth-order valence-electron chi connectivity index (χ4n) is 4.60. The number of fused-ring (bicyclic) bond motifs is 2. The summed E-state index contributed by atoms with van der Waals surface area (Å²) in [4.78, 5) is 4.28. The van der Waals surface area contributed by atoms with Crippen LogP contribution in [0.1, 0.15) is 11.5 Å². The Hall–Kier alpha value is -3.39. The van der Waals surface area contributed by atoms with Crippen LogP contribution >= 0.6 is 0 Å². The number of rotatable bonds is 3. The lowest BCUT2D eigenvalue weighted by Gasteiger charge is -2.25. The quantitative estimate of drug-likeness (QED) is 0.886. The molecule has 2 heterocycles. The van der Waals surface area contributed by atoms with Crippen LogP contribution in [-0.4, -0.2) is 25.0 Å². The molecular weight excluding hydrogens is 356 g/mol. The molecule has 2 aliphatic heterocycles. The molecule has 7 nitrogen and oxygen atoms in total. The molecule has 7 heteroatoms. The highest BCUT2D eigenvalue weighted by atomic mass is 16.8. The van der Waals surface area contributed by atoms with E-state index in [0.29, 0.717) is 24.7 Å². The van der Waals surface area contributed by atoms with Crippen molar-refractivity contribution >= 4 is 5.84 Å². The van der Waals surface area contributed by atoms with E-state index in [4.69, 9.17) is 19.9 Å². The maximum absolute atomic E-state index is 10.1. The van der Waals surface area contributed by atoms with Gasteiger partial charge in [0.1, 0.15) is 22.7 Å². The molecule has 5 rings (SSSR count). The molecule has 2 aromatic rings. The number of nitrogens with zero attached hydrogens (tertiary/aromatic N) is 3. The zero-order valence-corrected chi connectivity index (χ0v) is 14.8. The van der Waals surface area contributed by atoms with E-state index in [-0.39, 0.29) is 5.84 Å². The minimum atomic E-state index is -1.53. The van der Waals surface area contributed by atoms with Crippen LogP contribution in [0.2, 0.25) is 0 Å². The molecule has 28 heavy (non-hydrogen) atoms. The summed E-state index contributed by atoms with van der Waals surface area (Å²) in [5.41, 5.74) is 4.31. The smallest absolute Gasteiger partial charge is 0.293 e. The summed E-state index contributed by atoms with van der Waals surface area (Å²) < 4.78 is 17.4. The summed E-state index contributed by atoms with van der Waals surface area (Å²) >= 11 is 0. The van der Waals surface area contributed by atoms with Gasteiger partial charge < -0.3 is 19.9 Å². The largest absolute Gasteiger partial charge is 0.457 e. The predicted molar refractivity (Wildman–Crippen MR) is 98.0 cm³/mol. The first-order valence-electron chi connectivity index (χ1n) is 8.93. The van der Waals surface area contributed by atoms with E-state index >= 15 is 0 Å². The van der Waals surface area contributed by atoms with Gasteiger partial charge in [0.2, 0.25) is 0 Å². The molecule has 0 unspecified atom stereocenters. The highest BCUT2D eigenvalue weighted by Gasteiger charge is 2.94. The summed E-state index contributed by atoms with van der Waals surface area (Å²) in [5.74, 6) is -0.668. The first kappa shape index (κ1) is 16.8. The third-order valence-corrected chi connectivity index (χ3v) is 5.78. The summed E-state index contributed by atoms with van der Waals surface area (Å²) in [6.07, 6.45) is 0. The van der Waals surface area contributed by atoms with Crippen LogP contribution in [0.5, 0.6) is 11.5 Å². The Bertz CT molecular complexity index is 1070. The first-order chi connectivity index (χ1) is 13.6. The highest BCUT2D eigenvalue weighted by Crippen LogP contribution is 2.82. The SMILES string of the molecule is N#C[C@]12C(N)=NC3(OCCO3)[C@@]1(C#N)[C@@H]2c1cccc(Oc2ccccc2)c1. The van der Waals surface area contributed by atoms with Gasteiger partial charge in [-0.3, -0.25) is 0 Å². The van der Waals surface area contributed by atoms with Crippen LogP contribution in [0, 0.1) is 33.5 Å². The topological polar surface area (TPSA) is 114 Å². The Kier molecular flexibility index (Phi) is 3.33. The van der Waals surface area contributed by atoms with E-state index in [1.807, 2.05) is 54.6 Å². The summed E-state index contributed by atoms with van der Waals surface area (Å²) in [6, 6.07) is 21.2. The molecule has 2 aromatic carbocycles. The highest BCUT2D eigenvalue weighted by molar-refractivity contribution is 6.00. The van der Waals surface area contributed by atoms with E-state index in [1.54, 1.807) is 0 Å². The summed E-state index contributed by atoms with van der Waals surface area (Å²) in [6.45, 7) is 0.594. The molecule has 0 amide bonds. The number of nitrogens with two attached hydrogens (primary N) is 1. The average molecular weight is 372 g/mol. The van der Waals surface area contributed by atoms with Crippen molar-refractivity contribution in [3.8, 4) is 23.6 Å². The normalized spacial score (nSPS) is 31.5. The fraction of sp³-hybridized carbons (Fsp3) is 0.286. The van der Waals surface area contributed by atoms with Crippen molar-refractivity contribution in [2.45, 2.75) is 11.8 Å². The van der Waals surface area contributed by atoms with Gasteiger partial charge in [0.15, 0.2) is 5.41 Å². The van der Waals surface area contributed by atoms with Gasteiger partial charge in [-0.05, 0) is 29.8 Å². The Morgan fingerprint density at radius 1 is 1.00 bits per heavy atom. The number of amidine groups is 1. The second-order valence-electron chi connectivity index (χ2n) is 7.04. The molecule has 1 aliphatic carbocycles. The van der Waals surface area contributed by atoms with Gasteiger partial charge in [-0.25, -0.2) is 4.99 Å². The molecule has 3 aliphatic rings. The summed E-state index contributed by atoms with van der Waals surface area (Å²) in [7, 11) is 0. The third-order valence-electron chi connectivity index (χ3n) is 5.78. The van der Waals surface area contributed by atoms with E-state index in [9.17, 15) is 10.5 Å². The van der Waals surface area contributed by atoms with E-state index in [0.717, 1.165) is 5.56 Å². The minimum Gasteiger partial charge on any atom is -0.457 e. The molecule has 1 saturated carbocycles. The Balaban J connectivity index is 1.58. The van der Waals surface area contributed by atoms with Crippen LogP contribution in [0.4, 0.5) is 0 Å². The monoisotopic (exact) mass is 372 g/mol. The number of ether oxygens (including phenoxy) is 3. The van der Waals surface area contributed by atoms with E-state index < -0.39 is 22.7 Å². The Morgan fingerprint density at radius 3 is 2.39 bits per heavy atom. The number of hydrogen-bond acceptors (Lipinski definition) is 7.